The van der Waals surface area contributed by atoms with Crippen molar-refractivity contribution in [1.82, 2.24) is 0 Å². The van der Waals surface area contributed by atoms with Crippen LogP contribution in [0.1, 0.15) is 33.4 Å². The van der Waals surface area contributed by atoms with E-state index in [1.54, 1.807) is 0 Å². The van der Waals surface area contributed by atoms with E-state index in [1.807, 2.05) is 72.8 Å². The predicted octanol–water partition coefficient (Wildman–Crippen LogP) is 7.13. The van der Waals surface area contributed by atoms with Crippen molar-refractivity contribution < 1.29 is 8.78 Å². The third-order valence-corrected chi connectivity index (χ3v) is 5.79. The lowest BCUT2D eigenvalue weighted by Crippen LogP contribution is -2.00. The van der Waals surface area contributed by atoms with Crippen LogP contribution in [0.3, 0.4) is 0 Å². The SMILES string of the molecule is Fc1cc(C#Cc2ccc(S)cc2)cc(F)c1CCc1ccc(C#Cc2ccc(S)cc2)cc1. The molecule has 0 saturated heterocycles. The Balaban J connectivity index is 1.40. The van der Waals surface area contributed by atoms with Crippen LogP contribution in [-0.4, -0.2) is 0 Å². The minimum Gasteiger partial charge on any atom is -0.207 e. The topological polar surface area (TPSA) is 0 Å². The molecule has 0 unspecified atom stereocenters. The van der Waals surface area contributed by atoms with Crippen LogP contribution in [0.15, 0.2) is 94.7 Å². The van der Waals surface area contributed by atoms with Crippen LogP contribution in [0.25, 0.3) is 0 Å². The molecule has 4 heteroatoms. The van der Waals surface area contributed by atoms with Gasteiger partial charge in [-0.3, -0.25) is 0 Å². The molecule has 0 atom stereocenters. The van der Waals surface area contributed by atoms with E-state index in [1.165, 1.54) is 12.1 Å². The number of benzene rings is 4. The van der Waals surface area contributed by atoms with Gasteiger partial charge < -0.3 is 0 Å². The van der Waals surface area contributed by atoms with Crippen LogP contribution in [0, 0.1) is 35.3 Å². The lowest BCUT2D eigenvalue weighted by atomic mass is 10.0. The van der Waals surface area contributed by atoms with Crippen LogP contribution in [-0.2, 0) is 12.8 Å². The van der Waals surface area contributed by atoms with Gasteiger partial charge in [0.15, 0.2) is 0 Å². The Morgan fingerprint density at radius 3 is 1.32 bits per heavy atom. The first-order valence-corrected chi connectivity index (χ1v) is 11.5. The standard InChI is InChI=1S/C30H20F2S2/c31-29-19-25(8-7-24-11-16-27(34)17-12-24)20-30(32)28(29)18-13-22-4-1-21(2-5-22)3-6-23-9-14-26(33)15-10-23/h1-2,4-5,9-12,14-17,19-20,33-34H,13,18H2. The molecule has 0 bridgehead atoms. The summed E-state index contributed by atoms with van der Waals surface area (Å²) in [5, 5.41) is 0. The molecule has 4 rings (SSSR count). The molecule has 0 aliphatic rings. The third kappa shape index (κ3) is 6.55. The highest BCUT2D eigenvalue weighted by Crippen LogP contribution is 2.18. The Hall–Kier alpha value is -3.44. The maximum Gasteiger partial charge on any atom is 0.130 e. The van der Waals surface area contributed by atoms with Gasteiger partial charge in [-0.2, -0.15) is 0 Å². The molecule has 0 fully saturated rings. The molecule has 0 heterocycles. The van der Waals surface area contributed by atoms with Gasteiger partial charge in [-0.1, -0.05) is 35.8 Å². The summed E-state index contributed by atoms with van der Waals surface area (Å²) in [5.41, 5.74) is 3.91. The quantitative estimate of drug-likeness (QED) is 0.225. The Bertz CT molecular complexity index is 1390. The minimum absolute atomic E-state index is 0.0708. The lowest BCUT2D eigenvalue weighted by molar-refractivity contribution is 0.554. The predicted molar refractivity (Wildman–Crippen MR) is 140 cm³/mol. The summed E-state index contributed by atoms with van der Waals surface area (Å²) in [6.07, 6.45) is 0.780. The van der Waals surface area contributed by atoms with Gasteiger partial charge in [-0.05, 0) is 91.2 Å². The maximum absolute atomic E-state index is 14.6. The Morgan fingerprint density at radius 2 is 0.882 bits per heavy atom. The summed E-state index contributed by atoms with van der Waals surface area (Å²) in [7, 11) is 0. The fraction of sp³-hybridized carbons (Fsp3) is 0.0667. The molecule has 4 aromatic rings. The summed E-state index contributed by atoms with van der Waals surface area (Å²) >= 11 is 8.50. The van der Waals surface area contributed by atoms with E-state index in [-0.39, 0.29) is 12.0 Å². The Labute approximate surface area is 209 Å². The number of rotatable bonds is 3. The van der Waals surface area contributed by atoms with Gasteiger partial charge >= 0.3 is 0 Å². The van der Waals surface area contributed by atoms with Crippen LogP contribution >= 0.6 is 25.3 Å². The highest BCUT2D eigenvalue weighted by molar-refractivity contribution is 7.80. The van der Waals surface area contributed by atoms with Crippen LogP contribution < -0.4 is 0 Å². The van der Waals surface area contributed by atoms with Crippen molar-refractivity contribution in [3.8, 4) is 23.7 Å². The number of halogens is 2. The molecule has 0 aliphatic carbocycles. The fourth-order valence-corrected chi connectivity index (χ4v) is 3.61. The first-order valence-electron chi connectivity index (χ1n) is 10.7. The lowest BCUT2D eigenvalue weighted by Gasteiger charge is -2.06. The summed E-state index contributed by atoms with van der Waals surface area (Å²) in [4.78, 5) is 1.72. The third-order valence-electron chi connectivity index (χ3n) is 5.20. The summed E-state index contributed by atoms with van der Waals surface area (Å²) in [6.45, 7) is 0. The molecule has 0 radical (unpaired) electrons. The van der Waals surface area contributed by atoms with Gasteiger partial charge in [-0.25, -0.2) is 8.78 Å². The molecule has 0 N–H and O–H groups in total. The van der Waals surface area contributed by atoms with E-state index in [0.717, 1.165) is 32.0 Å². The smallest absolute Gasteiger partial charge is 0.130 e. The second-order valence-electron chi connectivity index (χ2n) is 7.71. The summed E-state index contributed by atoms with van der Waals surface area (Å²) in [6, 6.07) is 25.2. The molecule has 0 amide bonds. The van der Waals surface area contributed by atoms with Gasteiger partial charge in [0.1, 0.15) is 11.6 Å². The largest absolute Gasteiger partial charge is 0.207 e. The van der Waals surface area contributed by atoms with E-state index in [2.05, 4.69) is 48.9 Å². The average molecular weight is 483 g/mol. The number of hydrogen-bond donors (Lipinski definition) is 2. The first-order chi connectivity index (χ1) is 16.5. The maximum atomic E-state index is 14.6. The van der Waals surface area contributed by atoms with Crippen molar-refractivity contribution in [2.45, 2.75) is 22.6 Å². The molecule has 0 aromatic heterocycles. The molecule has 0 nitrogen and oxygen atoms in total. The molecule has 166 valence electrons. The molecular formula is C30H20F2S2. The van der Waals surface area contributed by atoms with Crippen molar-refractivity contribution in [2.75, 3.05) is 0 Å². The van der Waals surface area contributed by atoms with E-state index in [9.17, 15) is 8.78 Å². The number of thiol groups is 2. The second-order valence-corrected chi connectivity index (χ2v) is 8.74. The molecule has 34 heavy (non-hydrogen) atoms. The van der Waals surface area contributed by atoms with Crippen LogP contribution in [0.4, 0.5) is 8.78 Å². The zero-order chi connectivity index (χ0) is 23.9. The number of hydrogen-bond acceptors (Lipinski definition) is 2. The Morgan fingerprint density at radius 1 is 0.500 bits per heavy atom. The fourth-order valence-electron chi connectivity index (χ4n) is 3.32. The Kier molecular flexibility index (Phi) is 7.76. The van der Waals surface area contributed by atoms with Gasteiger partial charge in [0.25, 0.3) is 0 Å². The van der Waals surface area contributed by atoms with Crippen molar-refractivity contribution >= 4 is 25.3 Å². The molecule has 0 spiro atoms. The first kappa shape index (κ1) is 23.7. The average Bonchev–Trinajstić information content (AvgIpc) is 2.83. The van der Waals surface area contributed by atoms with Crippen molar-refractivity contribution in [3.63, 3.8) is 0 Å². The zero-order valence-corrected chi connectivity index (χ0v) is 19.9. The second kappa shape index (κ2) is 11.1. The molecule has 0 saturated carbocycles. The normalized spacial score (nSPS) is 10.1. The van der Waals surface area contributed by atoms with E-state index >= 15 is 0 Å². The van der Waals surface area contributed by atoms with E-state index < -0.39 is 11.6 Å². The van der Waals surface area contributed by atoms with Crippen molar-refractivity contribution in [2.24, 2.45) is 0 Å². The van der Waals surface area contributed by atoms with Gasteiger partial charge in [-0.15, -0.1) is 25.3 Å². The monoisotopic (exact) mass is 482 g/mol. The molecule has 4 aromatic carbocycles. The number of aryl methyl sites for hydroxylation is 1. The van der Waals surface area contributed by atoms with E-state index in [4.69, 9.17) is 0 Å². The summed E-state index contributed by atoms with van der Waals surface area (Å²) in [5.74, 6) is 10.8. The van der Waals surface area contributed by atoms with Gasteiger partial charge in [0.2, 0.25) is 0 Å². The van der Waals surface area contributed by atoms with Crippen molar-refractivity contribution in [3.05, 3.63) is 130 Å². The minimum atomic E-state index is -0.579. The van der Waals surface area contributed by atoms with Crippen LogP contribution in [0.2, 0.25) is 0 Å². The van der Waals surface area contributed by atoms with Crippen LogP contribution in [0.5, 0.6) is 0 Å². The van der Waals surface area contributed by atoms with Crippen molar-refractivity contribution in [1.29, 1.82) is 0 Å². The molecular weight excluding hydrogens is 462 g/mol. The van der Waals surface area contributed by atoms with Gasteiger partial charge in [0.05, 0.1) is 0 Å². The molecule has 0 aliphatic heterocycles. The summed E-state index contributed by atoms with van der Waals surface area (Å²) < 4.78 is 29.2. The zero-order valence-electron chi connectivity index (χ0n) is 18.1. The highest BCUT2D eigenvalue weighted by atomic mass is 32.1. The van der Waals surface area contributed by atoms with E-state index in [0.29, 0.717) is 12.0 Å². The van der Waals surface area contributed by atoms with Gasteiger partial charge in [0, 0.05) is 37.6 Å². The highest BCUT2D eigenvalue weighted by Gasteiger charge is 2.11.